The Balaban J connectivity index is 2.18. The zero-order valence-electron chi connectivity index (χ0n) is 8.37. The fraction of sp³-hybridized carbons (Fsp3) is 0.417. The predicted molar refractivity (Wildman–Crippen MR) is 59.2 cm³/mol. The molecule has 15 heavy (non-hydrogen) atoms. The van der Waals surface area contributed by atoms with Gasteiger partial charge in [0.25, 0.3) is 0 Å². The molecule has 0 amide bonds. The van der Waals surface area contributed by atoms with Gasteiger partial charge in [0.1, 0.15) is 0 Å². The molecule has 0 saturated carbocycles. The highest BCUT2D eigenvalue weighted by Gasteiger charge is 2.22. The number of aliphatic carboxylic acids is 1. The van der Waals surface area contributed by atoms with Crippen molar-refractivity contribution < 1.29 is 9.90 Å². The third-order valence-electron chi connectivity index (χ3n) is 2.99. The van der Waals surface area contributed by atoms with Crippen LogP contribution in [-0.2, 0) is 17.6 Å². The molecule has 1 unspecified atom stereocenters. The minimum atomic E-state index is -0.712. The van der Waals surface area contributed by atoms with Crippen LogP contribution in [0.3, 0.4) is 0 Å². The lowest BCUT2D eigenvalue weighted by atomic mass is 9.82. The van der Waals surface area contributed by atoms with Gasteiger partial charge in [0.2, 0.25) is 0 Å². The minimum Gasteiger partial charge on any atom is -0.481 e. The van der Waals surface area contributed by atoms with Crippen molar-refractivity contribution >= 4 is 17.6 Å². The van der Waals surface area contributed by atoms with E-state index in [2.05, 4.69) is 6.07 Å². The Kier molecular flexibility index (Phi) is 2.96. The minimum absolute atomic E-state index is 0.245. The van der Waals surface area contributed by atoms with Crippen molar-refractivity contribution in [3.63, 3.8) is 0 Å². The van der Waals surface area contributed by atoms with Gasteiger partial charge in [-0.05, 0) is 42.4 Å². The van der Waals surface area contributed by atoms with Gasteiger partial charge < -0.3 is 5.11 Å². The van der Waals surface area contributed by atoms with Gasteiger partial charge in [-0.1, -0.05) is 23.7 Å². The smallest absolute Gasteiger partial charge is 0.303 e. The van der Waals surface area contributed by atoms with E-state index in [1.165, 1.54) is 5.56 Å². The standard InChI is InChI=1S/C12H13ClO2/c13-11-3-1-2-9-5-4-8(6-10(9)11)7-12(14)15/h1-3,8H,4-7H2,(H,14,15). The highest BCUT2D eigenvalue weighted by molar-refractivity contribution is 6.31. The molecule has 0 spiro atoms. The van der Waals surface area contributed by atoms with Gasteiger partial charge in [0, 0.05) is 11.4 Å². The number of hydrogen-bond acceptors (Lipinski definition) is 1. The molecule has 1 aromatic rings. The van der Waals surface area contributed by atoms with Crippen molar-refractivity contribution in [3.05, 3.63) is 34.3 Å². The first-order chi connectivity index (χ1) is 7.16. The Morgan fingerprint density at radius 1 is 1.53 bits per heavy atom. The molecule has 1 aliphatic rings. The average Bonchev–Trinajstić information content (AvgIpc) is 2.18. The Bertz CT molecular complexity index is 387. The summed E-state index contributed by atoms with van der Waals surface area (Å²) in [4.78, 5) is 10.6. The summed E-state index contributed by atoms with van der Waals surface area (Å²) in [6.07, 6.45) is 2.97. The molecule has 2 nitrogen and oxygen atoms in total. The van der Waals surface area contributed by atoms with Gasteiger partial charge in [-0.15, -0.1) is 0 Å². The van der Waals surface area contributed by atoms with E-state index in [-0.39, 0.29) is 12.3 Å². The van der Waals surface area contributed by atoms with E-state index in [1.54, 1.807) is 0 Å². The predicted octanol–water partition coefficient (Wildman–Crippen LogP) is 2.92. The Morgan fingerprint density at radius 3 is 3.07 bits per heavy atom. The number of carbonyl (C=O) groups is 1. The van der Waals surface area contributed by atoms with Crippen LogP contribution in [0.5, 0.6) is 0 Å². The van der Waals surface area contributed by atoms with Gasteiger partial charge >= 0.3 is 5.97 Å². The Morgan fingerprint density at radius 2 is 2.33 bits per heavy atom. The van der Waals surface area contributed by atoms with Gasteiger partial charge in [-0.2, -0.15) is 0 Å². The highest BCUT2D eigenvalue weighted by atomic mass is 35.5. The van der Waals surface area contributed by atoms with Crippen molar-refractivity contribution in [3.8, 4) is 0 Å². The van der Waals surface area contributed by atoms with Crippen molar-refractivity contribution in [1.29, 1.82) is 0 Å². The number of fused-ring (bicyclic) bond motifs is 1. The van der Waals surface area contributed by atoms with Crippen molar-refractivity contribution in [1.82, 2.24) is 0 Å². The summed E-state index contributed by atoms with van der Waals surface area (Å²) in [6.45, 7) is 0. The van der Waals surface area contributed by atoms with E-state index < -0.39 is 5.97 Å². The molecule has 0 heterocycles. The second-order valence-electron chi connectivity index (χ2n) is 4.08. The van der Waals surface area contributed by atoms with Crippen LogP contribution in [0.2, 0.25) is 5.02 Å². The number of aryl methyl sites for hydroxylation is 1. The van der Waals surface area contributed by atoms with E-state index in [1.807, 2.05) is 12.1 Å². The van der Waals surface area contributed by atoms with Crippen LogP contribution in [0.4, 0.5) is 0 Å². The van der Waals surface area contributed by atoms with E-state index in [4.69, 9.17) is 16.7 Å². The second kappa shape index (κ2) is 4.23. The molecule has 80 valence electrons. The van der Waals surface area contributed by atoms with E-state index >= 15 is 0 Å². The number of carboxylic acids is 1. The molecule has 1 aromatic carbocycles. The molecule has 0 aliphatic heterocycles. The SMILES string of the molecule is O=C(O)CC1CCc2cccc(Cl)c2C1. The van der Waals surface area contributed by atoms with Crippen LogP contribution < -0.4 is 0 Å². The van der Waals surface area contributed by atoms with Crippen LogP contribution in [0.15, 0.2) is 18.2 Å². The first-order valence-electron chi connectivity index (χ1n) is 5.15. The molecule has 2 rings (SSSR count). The maximum atomic E-state index is 10.6. The summed E-state index contributed by atoms with van der Waals surface area (Å²) in [5.41, 5.74) is 2.43. The maximum Gasteiger partial charge on any atom is 0.303 e. The molecular formula is C12H13ClO2. The van der Waals surface area contributed by atoms with E-state index in [0.29, 0.717) is 0 Å². The molecule has 0 saturated heterocycles. The molecule has 0 aromatic heterocycles. The monoisotopic (exact) mass is 224 g/mol. The number of benzene rings is 1. The summed E-state index contributed by atoms with van der Waals surface area (Å²) in [7, 11) is 0. The number of carboxylic acid groups (broad SMARTS) is 1. The molecule has 0 radical (unpaired) electrons. The zero-order chi connectivity index (χ0) is 10.8. The third kappa shape index (κ3) is 2.32. The van der Waals surface area contributed by atoms with Gasteiger partial charge in [0.05, 0.1) is 0 Å². The van der Waals surface area contributed by atoms with Gasteiger partial charge in [-0.25, -0.2) is 0 Å². The van der Waals surface area contributed by atoms with Crippen LogP contribution in [-0.4, -0.2) is 11.1 Å². The van der Waals surface area contributed by atoms with Crippen molar-refractivity contribution in [2.24, 2.45) is 5.92 Å². The first-order valence-corrected chi connectivity index (χ1v) is 5.52. The summed E-state index contributed by atoms with van der Waals surface area (Å²) in [5, 5.41) is 9.53. The number of halogens is 1. The van der Waals surface area contributed by atoms with E-state index in [9.17, 15) is 4.79 Å². The van der Waals surface area contributed by atoms with Crippen LogP contribution >= 0.6 is 11.6 Å². The first kappa shape index (κ1) is 10.5. The fourth-order valence-electron chi connectivity index (χ4n) is 2.24. The fourth-order valence-corrected chi connectivity index (χ4v) is 2.51. The molecule has 0 bridgehead atoms. The van der Waals surface area contributed by atoms with Gasteiger partial charge in [0.15, 0.2) is 0 Å². The zero-order valence-corrected chi connectivity index (χ0v) is 9.13. The lowest BCUT2D eigenvalue weighted by Crippen LogP contribution is -2.17. The maximum absolute atomic E-state index is 10.6. The summed E-state index contributed by atoms with van der Waals surface area (Å²) >= 11 is 6.10. The lowest BCUT2D eigenvalue weighted by molar-refractivity contribution is -0.138. The summed E-state index contributed by atoms with van der Waals surface area (Å²) < 4.78 is 0. The third-order valence-corrected chi connectivity index (χ3v) is 3.35. The van der Waals surface area contributed by atoms with Crippen LogP contribution in [0.1, 0.15) is 24.0 Å². The van der Waals surface area contributed by atoms with Crippen molar-refractivity contribution in [2.45, 2.75) is 25.7 Å². The lowest BCUT2D eigenvalue weighted by Gasteiger charge is -2.24. The Hall–Kier alpha value is -1.02. The quantitative estimate of drug-likeness (QED) is 0.839. The molecule has 1 atom stereocenters. The average molecular weight is 225 g/mol. The second-order valence-corrected chi connectivity index (χ2v) is 4.49. The molecule has 0 fully saturated rings. The normalized spacial score (nSPS) is 19.7. The molecular weight excluding hydrogens is 212 g/mol. The molecule has 3 heteroatoms. The summed E-state index contributed by atoms with van der Waals surface area (Å²) in [6, 6.07) is 5.92. The topological polar surface area (TPSA) is 37.3 Å². The van der Waals surface area contributed by atoms with Crippen LogP contribution in [0, 0.1) is 5.92 Å². The molecule has 1 aliphatic carbocycles. The van der Waals surface area contributed by atoms with Crippen molar-refractivity contribution in [2.75, 3.05) is 0 Å². The molecule has 1 N–H and O–H groups in total. The van der Waals surface area contributed by atoms with Crippen LogP contribution in [0.25, 0.3) is 0 Å². The largest absolute Gasteiger partial charge is 0.481 e. The Labute approximate surface area is 93.9 Å². The number of rotatable bonds is 2. The van der Waals surface area contributed by atoms with E-state index in [0.717, 1.165) is 29.8 Å². The summed E-state index contributed by atoms with van der Waals surface area (Å²) in [5.74, 6) is -0.467. The highest BCUT2D eigenvalue weighted by Crippen LogP contribution is 2.31. The number of hydrogen-bond donors (Lipinski definition) is 1. The van der Waals surface area contributed by atoms with Gasteiger partial charge in [-0.3, -0.25) is 4.79 Å².